The third kappa shape index (κ3) is 3.48. The van der Waals surface area contributed by atoms with Gasteiger partial charge in [0.15, 0.2) is 0 Å². The summed E-state index contributed by atoms with van der Waals surface area (Å²) in [5.41, 5.74) is 6.24. The molecule has 0 unspecified atom stereocenters. The first-order chi connectivity index (χ1) is 8.66. The van der Waals surface area contributed by atoms with E-state index in [2.05, 4.69) is 15.9 Å². The fourth-order valence-electron chi connectivity index (χ4n) is 2.40. The van der Waals surface area contributed by atoms with Crippen molar-refractivity contribution < 1.29 is 4.74 Å². The van der Waals surface area contributed by atoms with E-state index in [1.165, 1.54) is 32.1 Å². The Morgan fingerprint density at radius 2 is 2.06 bits per heavy atom. The van der Waals surface area contributed by atoms with Gasteiger partial charge in [0.25, 0.3) is 0 Å². The third-order valence-electron chi connectivity index (χ3n) is 3.43. The molecule has 0 aliphatic heterocycles. The highest BCUT2D eigenvalue weighted by Gasteiger charge is 2.15. The lowest BCUT2D eigenvalue weighted by molar-refractivity contribution is 0.208. The van der Waals surface area contributed by atoms with Crippen LogP contribution in [0.4, 0.5) is 0 Å². The van der Waals surface area contributed by atoms with Gasteiger partial charge in [0.05, 0.1) is 12.2 Å². The number of nitrogens with one attached hydrogen (secondary N) is 1. The van der Waals surface area contributed by atoms with E-state index in [0.29, 0.717) is 11.5 Å². The van der Waals surface area contributed by atoms with Crippen LogP contribution in [0.15, 0.2) is 22.7 Å². The van der Waals surface area contributed by atoms with Gasteiger partial charge < -0.3 is 10.5 Å². The number of rotatable bonds is 4. The largest absolute Gasteiger partial charge is 0.493 e. The van der Waals surface area contributed by atoms with Crippen molar-refractivity contribution in [3.05, 3.63) is 28.2 Å². The lowest BCUT2D eigenvalue weighted by atomic mass is 9.90. The van der Waals surface area contributed by atoms with Gasteiger partial charge in [0, 0.05) is 4.47 Å². The highest BCUT2D eigenvalue weighted by molar-refractivity contribution is 9.10. The monoisotopic (exact) mass is 310 g/mol. The minimum atomic E-state index is 0.0509. The summed E-state index contributed by atoms with van der Waals surface area (Å²) in [7, 11) is 0. The van der Waals surface area contributed by atoms with Gasteiger partial charge in [-0.1, -0.05) is 35.2 Å². The van der Waals surface area contributed by atoms with Crippen molar-refractivity contribution in [2.24, 2.45) is 11.7 Å². The zero-order valence-electron chi connectivity index (χ0n) is 10.4. The van der Waals surface area contributed by atoms with E-state index in [1.807, 2.05) is 18.2 Å². The number of hydrogen-bond acceptors (Lipinski definition) is 2. The quantitative estimate of drug-likeness (QED) is 0.658. The summed E-state index contributed by atoms with van der Waals surface area (Å²) in [4.78, 5) is 0. The fourth-order valence-corrected chi connectivity index (χ4v) is 2.76. The number of amidine groups is 1. The Bertz CT molecular complexity index is 428. The number of hydrogen-bond donors (Lipinski definition) is 2. The fraction of sp³-hybridized carbons (Fsp3) is 0.500. The van der Waals surface area contributed by atoms with Crippen molar-refractivity contribution in [2.75, 3.05) is 6.61 Å². The molecule has 4 heteroatoms. The molecule has 18 heavy (non-hydrogen) atoms. The zero-order valence-corrected chi connectivity index (χ0v) is 12.0. The van der Waals surface area contributed by atoms with Gasteiger partial charge in [-0.25, -0.2) is 0 Å². The van der Waals surface area contributed by atoms with Gasteiger partial charge in [-0.15, -0.1) is 0 Å². The molecule has 3 N–H and O–H groups in total. The predicted octanol–water partition coefficient (Wildman–Crippen LogP) is 3.69. The van der Waals surface area contributed by atoms with Crippen LogP contribution in [-0.4, -0.2) is 12.4 Å². The molecule has 1 aliphatic rings. The molecule has 1 aliphatic carbocycles. The first-order valence-electron chi connectivity index (χ1n) is 6.43. The van der Waals surface area contributed by atoms with Crippen LogP contribution in [0.1, 0.15) is 37.7 Å². The second kappa shape index (κ2) is 6.23. The molecule has 0 amide bonds. The maximum atomic E-state index is 7.57. The normalized spacial score (nSPS) is 16.5. The van der Waals surface area contributed by atoms with Crippen LogP contribution in [-0.2, 0) is 0 Å². The molecular weight excluding hydrogens is 292 g/mol. The summed E-state index contributed by atoms with van der Waals surface area (Å²) in [5.74, 6) is 1.42. The number of benzene rings is 1. The Hall–Kier alpha value is -1.03. The minimum Gasteiger partial charge on any atom is -0.493 e. The summed E-state index contributed by atoms with van der Waals surface area (Å²) in [6.07, 6.45) is 6.49. The highest BCUT2D eigenvalue weighted by atomic mass is 79.9. The summed E-state index contributed by atoms with van der Waals surface area (Å²) in [6, 6.07) is 5.63. The smallest absolute Gasteiger partial charge is 0.130 e. The van der Waals surface area contributed by atoms with Crippen LogP contribution in [0.2, 0.25) is 0 Å². The molecule has 98 valence electrons. The maximum absolute atomic E-state index is 7.57. The second-order valence-electron chi connectivity index (χ2n) is 4.87. The Morgan fingerprint density at radius 1 is 1.33 bits per heavy atom. The molecule has 0 spiro atoms. The van der Waals surface area contributed by atoms with Gasteiger partial charge in [-0.2, -0.15) is 0 Å². The van der Waals surface area contributed by atoms with Crippen molar-refractivity contribution in [3.8, 4) is 5.75 Å². The van der Waals surface area contributed by atoms with Gasteiger partial charge >= 0.3 is 0 Å². The topological polar surface area (TPSA) is 59.1 Å². The molecule has 0 radical (unpaired) electrons. The van der Waals surface area contributed by atoms with E-state index in [-0.39, 0.29) is 5.84 Å². The van der Waals surface area contributed by atoms with E-state index in [1.54, 1.807) is 0 Å². The minimum absolute atomic E-state index is 0.0509. The number of nitrogen functional groups attached to an aromatic ring is 1. The standard InChI is InChI=1S/C14H19BrN2O/c15-11-6-7-13(12(8-11)14(16)17)18-9-10-4-2-1-3-5-10/h6-8,10H,1-5,9H2,(H3,16,17). The Kier molecular flexibility index (Phi) is 4.64. The van der Waals surface area contributed by atoms with Gasteiger partial charge in [0.2, 0.25) is 0 Å². The van der Waals surface area contributed by atoms with Crippen molar-refractivity contribution in [2.45, 2.75) is 32.1 Å². The van der Waals surface area contributed by atoms with Crippen LogP contribution < -0.4 is 10.5 Å². The second-order valence-corrected chi connectivity index (χ2v) is 5.78. The van der Waals surface area contributed by atoms with Gasteiger partial charge in [0.1, 0.15) is 11.6 Å². The molecule has 1 fully saturated rings. The lowest BCUT2D eigenvalue weighted by Crippen LogP contribution is -2.18. The third-order valence-corrected chi connectivity index (χ3v) is 3.92. The van der Waals surface area contributed by atoms with E-state index in [9.17, 15) is 0 Å². The molecule has 0 saturated heterocycles. The van der Waals surface area contributed by atoms with E-state index >= 15 is 0 Å². The van der Waals surface area contributed by atoms with Crippen molar-refractivity contribution in [1.82, 2.24) is 0 Å². The van der Waals surface area contributed by atoms with Gasteiger partial charge in [-0.3, -0.25) is 5.41 Å². The molecule has 2 rings (SSSR count). The summed E-state index contributed by atoms with van der Waals surface area (Å²) in [6.45, 7) is 0.738. The van der Waals surface area contributed by atoms with Gasteiger partial charge in [-0.05, 0) is 37.0 Å². The highest BCUT2D eigenvalue weighted by Crippen LogP contribution is 2.27. The van der Waals surface area contributed by atoms with E-state index in [4.69, 9.17) is 15.9 Å². The molecule has 1 aromatic rings. The molecule has 0 aromatic heterocycles. The summed E-state index contributed by atoms with van der Waals surface area (Å²) < 4.78 is 6.77. The molecule has 1 saturated carbocycles. The van der Waals surface area contributed by atoms with Crippen molar-refractivity contribution in [1.29, 1.82) is 5.41 Å². The zero-order chi connectivity index (χ0) is 13.0. The molecule has 0 bridgehead atoms. The first-order valence-corrected chi connectivity index (χ1v) is 7.23. The van der Waals surface area contributed by atoms with E-state index in [0.717, 1.165) is 16.8 Å². The van der Waals surface area contributed by atoms with Crippen molar-refractivity contribution in [3.63, 3.8) is 0 Å². The van der Waals surface area contributed by atoms with Crippen molar-refractivity contribution >= 4 is 21.8 Å². The maximum Gasteiger partial charge on any atom is 0.130 e. The number of nitrogens with two attached hydrogens (primary N) is 1. The van der Waals surface area contributed by atoms with Crippen LogP contribution in [0, 0.1) is 11.3 Å². The van der Waals surface area contributed by atoms with Crippen LogP contribution in [0.5, 0.6) is 5.75 Å². The predicted molar refractivity (Wildman–Crippen MR) is 77.2 cm³/mol. The number of halogens is 1. The molecule has 0 heterocycles. The average molecular weight is 311 g/mol. The molecular formula is C14H19BrN2O. The Morgan fingerprint density at radius 3 is 2.72 bits per heavy atom. The van der Waals surface area contributed by atoms with E-state index < -0.39 is 0 Å². The molecule has 1 aromatic carbocycles. The molecule has 3 nitrogen and oxygen atoms in total. The first kappa shape index (κ1) is 13.4. The SMILES string of the molecule is N=C(N)c1cc(Br)ccc1OCC1CCCCC1. The number of ether oxygens (including phenoxy) is 1. The Labute approximate surface area is 116 Å². The lowest BCUT2D eigenvalue weighted by Gasteiger charge is -2.22. The average Bonchev–Trinajstić information content (AvgIpc) is 2.38. The molecule has 0 atom stereocenters. The van der Waals surface area contributed by atoms with Crippen LogP contribution in [0.25, 0.3) is 0 Å². The summed E-state index contributed by atoms with van der Waals surface area (Å²) in [5, 5.41) is 7.57. The summed E-state index contributed by atoms with van der Waals surface area (Å²) >= 11 is 3.38. The van der Waals surface area contributed by atoms with Crippen LogP contribution >= 0.6 is 15.9 Å². The Balaban J connectivity index is 2.01. The van der Waals surface area contributed by atoms with Crippen LogP contribution in [0.3, 0.4) is 0 Å².